The fourth-order valence-electron chi connectivity index (χ4n) is 4.65. The number of rotatable bonds is 5. The zero-order valence-corrected chi connectivity index (χ0v) is 19.7. The van der Waals surface area contributed by atoms with E-state index in [2.05, 4.69) is 10.3 Å². The third-order valence-corrected chi connectivity index (χ3v) is 6.64. The SMILES string of the molecule is CN(C(=O)c1ccc2ccccc2c1O)[C@@H]1OC(CO)[C@H](O)C(n2cc(-c3cccc(F)c3)nn2)C1O. The molecule has 4 aromatic rings. The minimum Gasteiger partial charge on any atom is -0.506 e. The average molecular weight is 509 g/mol. The van der Waals surface area contributed by atoms with E-state index in [1.807, 2.05) is 6.07 Å². The second-order valence-electron chi connectivity index (χ2n) is 8.91. The molecular formula is C26H25FN4O6. The molecule has 0 radical (unpaired) electrons. The normalized spacial score (nSPS) is 23.8. The highest BCUT2D eigenvalue weighted by Crippen LogP contribution is 2.34. The molecule has 2 heterocycles. The summed E-state index contributed by atoms with van der Waals surface area (Å²) in [6.07, 6.45) is -3.96. The lowest BCUT2D eigenvalue weighted by Gasteiger charge is -2.45. The first-order valence-electron chi connectivity index (χ1n) is 11.6. The maximum Gasteiger partial charge on any atom is 0.259 e. The van der Waals surface area contributed by atoms with Gasteiger partial charge in [-0.3, -0.25) is 4.79 Å². The number of hydrogen-bond donors (Lipinski definition) is 4. The third kappa shape index (κ3) is 4.42. The van der Waals surface area contributed by atoms with Crippen molar-refractivity contribution in [2.75, 3.05) is 13.7 Å². The summed E-state index contributed by atoms with van der Waals surface area (Å²) in [7, 11) is 1.38. The Hall–Kier alpha value is -3.90. The van der Waals surface area contributed by atoms with Gasteiger partial charge < -0.3 is 30.1 Å². The zero-order chi connectivity index (χ0) is 26.3. The standard InChI is InChI=1S/C26H25FN4O6/c1-30(25(36)18-10-9-14-5-2-3-8-17(14)22(18)33)26-24(35)21(23(34)20(13-32)37-26)31-12-19(28-29-31)15-6-4-7-16(27)11-15/h2-12,20-21,23-24,26,32-35H,13H2,1H3/t20?,21?,23-,24?,26+/m0/s1. The van der Waals surface area contributed by atoms with Gasteiger partial charge in [-0.1, -0.05) is 47.7 Å². The number of halogens is 1. The Bertz CT molecular complexity index is 1450. The number of aliphatic hydroxyl groups excluding tert-OH is 3. The lowest BCUT2D eigenvalue weighted by Crippen LogP contribution is -2.61. The van der Waals surface area contributed by atoms with E-state index in [0.29, 0.717) is 16.6 Å². The highest BCUT2D eigenvalue weighted by Gasteiger charge is 2.48. The number of ether oxygens (including phenoxy) is 1. The van der Waals surface area contributed by atoms with Crippen LogP contribution in [0.2, 0.25) is 0 Å². The van der Waals surface area contributed by atoms with Crippen molar-refractivity contribution in [2.45, 2.75) is 30.6 Å². The molecule has 1 aliphatic heterocycles. The molecule has 1 amide bonds. The molecular weight excluding hydrogens is 483 g/mol. The number of aliphatic hydroxyl groups is 3. The number of likely N-dealkylation sites (N-methyl/N-ethyl adjacent to an activating group) is 1. The van der Waals surface area contributed by atoms with Crippen molar-refractivity contribution < 1.29 is 34.3 Å². The molecule has 11 heteroatoms. The van der Waals surface area contributed by atoms with Crippen LogP contribution >= 0.6 is 0 Å². The first-order chi connectivity index (χ1) is 17.8. The Kier molecular flexibility index (Phi) is 6.61. The minimum atomic E-state index is -1.50. The number of aromatic hydroxyl groups is 1. The quantitative estimate of drug-likeness (QED) is 0.319. The molecule has 1 aromatic heterocycles. The van der Waals surface area contributed by atoms with E-state index in [0.717, 1.165) is 10.3 Å². The molecule has 0 aliphatic carbocycles. The van der Waals surface area contributed by atoms with Crippen molar-refractivity contribution in [1.82, 2.24) is 19.9 Å². The number of nitrogens with zero attached hydrogens (tertiary/aromatic N) is 4. The second kappa shape index (κ2) is 9.87. The second-order valence-corrected chi connectivity index (χ2v) is 8.91. The van der Waals surface area contributed by atoms with E-state index in [1.54, 1.807) is 30.3 Å². The van der Waals surface area contributed by atoms with Gasteiger partial charge in [-0.15, -0.1) is 5.10 Å². The maximum atomic E-state index is 13.7. The monoisotopic (exact) mass is 508 g/mol. The van der Waals surface area contributed by atoms with E-state index in [4.69, 9.17) is 4.74 Å². The van der Waals surface area contributed by atoms with Crippen molar-refractivity contribution in [3.63, 3.8) is 0 Å². The molecule has 192 valence electrons. The van der Waals surface area contributed by atoms with Crippen LogP contribution in [-0.4, -0.2) is 84.4 Å². The summed E-state index contributed by atoms with van der Waals surface area (Å²) < 4.78 is 20.6. The molecule has 0 spiro atoms. The highest BCUT2D eigenvalue weighted by atomic mass is 19.1. The van der Waals surface area contributed by atoms with Crippen molar-refractivity contribution in [2.24, 2.45) is 0 Å². The Morgan fingerprint density at radius 3 is 2.65 bits per heavy atom. The summed E-state index contributed by atoms with van der Waals surface area (Å²) in [6, 6.07) is 14.8. The Morgan fingerprint density at radius 2 is 1.89 bits per heavy atom. The summed E-state index contributed by atoms with van der Waals surface area (Å²) >= 11 is 0. The Morgan fingerprint density at radius 1 is 1.11 bits per heavy atom. The van der Waals surface area contributed by atoms with Crippen LogP contribution in [0.5, 0.6) is 5.75 Å². The highest BCUT2D eigenvalue weighted by molar-refractivity contribution is 6.03. The average Bonchev–Trinajstić information content (AvgIpc) is 3.38. The number of benzene rings is 3. The molecule has 37 heavy (non-hydrogen) atoms. The topological polar surface area (TPSA) is 141 Å². The number of carbonyl (C=O) groups excluding carboxylic acids is 1. The summed E-state index contributed by atoms with van der Waals surface area (Å²) in [6.45, 7) is -0.602. The van der Waals surface area contributed by atoms with Gasteiger partial charge in [-0.2, -0.15) is 0 Å². The number of phenolic OH excluding ortho intramolecular Hbond substituents is 1. The predicted octanol–water partition coefficient (Wildman–Crippen LogP) is 1.70. The molecule has 3 aromatic carbocycles. The maximum absolute atomic E-state index is 13.7. The third-order valence-electron chi connectivity index (χ3n) is 6.64. The van der Waals surface area contributed by atoms with Gasteiger partial charge >= 0.3 is 0 Å². The summed E-state index contributed by atoms with van der Waals surface area (Å²) in [5, 5.41) is 51.9. The number of fused-ring (bicyclic) bond motifs is 1. The first-order valence-corrected chi connectivity index (χ1v) is 11.6. The van der Waals surface area contributed by atoms with Gasteiger partial charge in [0.2, 0.25) is 0 Å². The van der Waals surface area contributed by atoms with Crippen LogP contribution in [0.1, 0.15) is 16.4 Å². The van der Waals surface area contributed by atoms with Crippen molar-refractivity contribution in [3.05, 3.63) is 78.2 Å². The smallest absolute Gasteiger partial charge is 0.259 e. The first kappa shape index (κ1) is 24.8. The molecule has 1 saturated heterocycles. The molecule has 1 fully saturated rings. The minimum absolute atomic E-state index is 0.00522. The molecule has 5 atom stereocenters. The number of amides is 1. The fourth-order valence-corrected chi connectivity index (χ4v) is 4.65. The Balaban J connectivity index is 1.46. The molecule has 3 unspecified atom stereocenters. The Labute approximate surface area is 210 Å². The summed E-state index contributed by atoms with van der Waals surface area (Å²) in [4.78, 5) is 14.5. The van der Waals surface area contributed by atoms with E-state index >= 15 is 0 Å². The van der Waals surface area contributed by atoms with Gasteiger partial charge in [0.15, 0.2) is 6.23 Å². The van der Waals surface area contributed by atoms with Crippen LogP contribution in [0.3, 0.4) is 0 Å². The van der Waals surface area contributed by atoms with Crippen molar-refractivity contribution >= 4 is 16.7 Å². The molecule has 10 nitrogen and oxygen atoms in total. The van der Waals surface area contributed by atoms with E-state index in [-0.39, 0.29) is 11.3 Å². The van der Waals surface area contributed by atoms with Crippen LogP contribution in [-0.2, 0) is 4.74 Å². The van der Waals surface area contributed by atoms with Crippen molar-refractivity contribution in [1.29, 1.82) is 0 Å². The van der Waals surface area contributed by atoms with Gasteiger partial charge in [0.05, 0.1) is 18.4 Å². The van der Waals surface area contributed by atoms with Gasteiger partial charge in [-0.05, 0) is 23.6 Å². The lowest BCUT2D eigenvalue weighted by molar-refractivity contribution is -0.235. The molecule has 5 rings (SSSR count). The lowest BCUT2D eigenvalue weighted by atomic mass is 9.94. The van der Waals surface area contributed by atoms with Gasteiger partial charge in [0.1, 0.15) is 41.6 Å². The van der Waals surface area contributed by atoms with Gasteiger partial charge in [-0.25, -0.2) is 9.07 Å². The van der Waals surface area contributed by atoms with E-state index in [9.17, 15) is 29.6 Å². The predicted molar refractivity (Wildman–Crippen MR) is 130 cm³/mol. The summed E-state index contributed by atoms with van der Waals surface area (Å²) in [5.41, 5.74) is 0.735. The van der Waals surface area contributed by atoms with Crippen LogP contribution < -0.4 is 0 Å². The van der Waals surface area contributed by atoms with Crippen LogP contribution in [0.4, 0.5) is 4.39 Å². The largest absolute Gasteiger partial charge is 0.506 e. The molecule has 1 aliphatic rings. The van der Waals surface area contributed by atoms with Crippen molar-refractivity contribution in [3.8, 4) is 17.0 Å². The van der Waals surface area contributed by atoms with E-state index in [1.165, 1.54) is 42.2 Å². The van der Waals surface area contributed by atoms with Crippen LogP contribution in [0, 0.1) is 5.82 Å². The number of hydrogen-bond acceptors (Lipinski definition) is 8. The van der Waals surface area contributed by atoms with Crippen LogP contribution in [0.25, 0.3) is 22.0 Å². The zero-order valence-electron chi connectivity index (χ0n) is 19.7. The van der Waals surface area contributed by atoms with E-state index < -0.39 is 48.9 Å². The van der Waals surface area contributed by atoms with Gasteiger partial charge in [0.25, 0.3) is 5.91 Å². The van der Waals surface area contributed by atoms with Gasteiger partial charge in [0, 0.05) is 18.0 Å². The molecule has 4 N–H and O–H groups in total. The molecule has 0 saturated carbocycles. The number of aromatic nitrogens is 3. The van der Waals surface area contributed by atoms with Crippen LogP contribution in [0.15, 0.2) is 66.9 Å². The summed E-state index contributed by atoms with van der Waals surface area (Å²) in [5.74, 6) is -1.32. The number of carbonyl (C=O) groups is 1. The number of phenols is 1. The molecule has 0 bridgehead atoms. The fraction of sp³-hybridized carbons (Fsp3) is 0.269.